The van der Waals surface area contributed by atoms with Crippen LogP contribution in [0.5, 0.6) is 0 Å². The normalized spacial score (nSPS) is 23.6. The Labute approximate surface area is 110 Å². The molecule has 0 spiro atoms. The van der Waals surface area contributed by atoms with Crippen LogP contribution in [-0.4, -0.2) is 24.4 Å². The van der Waals surface area contributed by atoms with Crippen LogP contribution >= 0.6 is 23.4 Å². The minimum Gasteiger partial charge on any atom is -0.465 e. The summed E-state index contributed by atoms with van der Waals surface area (Å²) in [6, 6.07) is 7.44. The maximum Gasteiger partial charge on any atom is 0.324 e. The molecule has 3 nitrogen and oxygen atoms in total. The van der Waals surface area contributed by atoms with Crippen molar-refractivity contribution in [1.29, 1.82) is 0 Å². The van der Waals surface area contributed by atoms with Crippen molar-refractivity contribution in [3.05, 3.63) is 34.9 Å². The van der Waals surface area contributed by atoms with E-state index in [9.17, 15) is 4.79 Å². The Morgan fingerprint density at radius 2 is 2.35 bits per heavy atom. The molecule has 1 aliphatic rings. The van der Waals surface area contributed by atoms with E-state index in [1.807, 2.05) is 31.2 Å². The second-order valence-corrected chi connectivity index (χ2v) is 5.25. The summed E-state index contributed by atoms with van der Waals surface area (Å²) in [5.74, 6) is 0.531. The van der Waals surface area contributed by atoms with Crippen molar-refractivity contribution in [3.8, 4) is 0 Å². The number of hydrogen-bond acceptors (Lipinski definition) is 4. The highest BCUT2D eigenvalue weighted by molar-refractivity contribution is 7.99. The quantitative estimate of drug-likeness (QED) is 0.858. The lowest BCUT2D eigenvalue weighted by atomic mass is 10.2. The van der Waals surface area contributed by atoms with Gasteiger partial charge in [0.15, 0.2) is 0 Å². The zero-order valence-electron chi connectivity index (χ0n) is 9.48. The number of thioether (sulfide) groups is 1. The van der Waals surface area contributed by atoms with Gasteiger partial charge in [0.05, 0.1) is 12.0 Å². The third-order valence-corrected chi connectivity index (χ3v) is 4.13. The lowest BCUT2D eigenvalue weighted by Gasteiger charge is -2.13. The van der Waals surface area contributed by atoms with Crippen molar-refractivity contribution < 1.29 is 9.53 Å². The second-order valence-electron chi connectivity index (χ2n) is 3.71. The zero-order chi connectivity index (χ0) is 12.3. The van der Waals surface area contributed by atoms with Gasteiger partial charge < -0.3 is 4.74 Å². The molecule has 1 fully saturated rings. The summed E-state index contributed by atoms with van der Waals surface area (Å²) in [6.07, 6.45) is 0. The number of benzene rings is 1. The average Bonchev–Trinajstić information content (AvgIpc) is 2.79. The third-order valence-electron chi connectivity index (χ3n) is 2.54. The number of ether oxygens (including phenoxy) is 1. The maximum atomic E-state index is 11.6. The van der Waals surface area contributed by atoms with E-state index in [2.05, 4.69) is 5.32 Å². The summed E-state index contributed by atoms with van der Waals surface area (Å²) in [6.45, 7) is 2.23. The lowest BCUT2D eigenvalue weighted by molar-refractivity contribution is -0.144. The van der Waals surface area contributed by atoms with Crippen LogP contribution in [0.4, 0.5) is 0 Å². The van der Waals surface area contributed by atoms with Gasteiger partial charge in [0.1, 0.15) is 6.04 Å². The fourth-order valence-corrected chi connectivity index (χ4v) is 3.29. The number of nitrogens with one attached hydrogen (secondary N) is 1. The molecule has 1 aliphatic heterocycles. The van der Waals surface area contributed by atoms with Gasteiger partial charge in [-0.05, 0) is 18.6 Å². The van der Waals surface area contributed by atoms with Crippen LogP contribution in [0, 0.1) is 0 Å². The van der Waals surface area contributed by atoms with E-state index in [4.69, 9.17) is 16.3 Å². The van der Waals surface area contributed by atoms with E-state index in [-0.39, 0.29) is 17.4 Å². The molecule has 2 atom stereocenters. The lowest BCUT2D eigenvalue weighted by Crippen LogP contribution is -2.35. The first-order valence-corrected chi connectivity index (χ1v) is 6.93. The Kier molecular flexibility index (Phi) is 4.31. The van der Waals surface area contributed by atoms with Gasteiger partial charge in [-0.25, -0.2) is 0 Å². The van der Waals surface area contributed by atoms with Gasteiger partial charge >= 0.3 is 5.97 Å². The van der Waals surface area contributed by atoms with E-state index >= 15 is 0 Å². The van der Waals surface area contributed by atoms with Gasteiger partial charge in [-0.1, -0.05) is 29.8 Å². The van der Waals surface area contributed by atoms with Crippen molar-refractivity contribution in [3.63, 3.8) is 0 Å². The fourth-order valence-electron chi connectivity index (χ4n) is 1.72. The van der Waals surface area contributed by atoms with Crippen molar-refractivity contribution in [2.24, 2.45) is 0 Å². The number of carbonyl (C=O) groups excluding carboxylic acids is 1. The highest BCUT2D eigenvalue weighted by atomic mass is 35.5. The summed E-state index contributed by atoms with van der Waals surface area (Å²) < 4.78 is 4.99. The average molecular weight is 272 g/mol. The molecule has 92 valence electrons. The Bertz CT molecular complexity index is 413. The largest absolute Gasteiger partial charge is 0.465 e. The first-order chi connectivity index (χ1) is 8.22. The number of esters is 1. The van der Waals surface area contributed by atoms with Crippen molar-refractivity contribution in [2.75, 3.05) is 12.4 Å². The zero-order valence-corrected chi connectivity index (χ0v) is 11.1. The molecule has 1 N–H and O–H groups in total. The van der Waals surface area contributed by atoms with Gasteiger partial charge in [0.25, 0.3) is 0 Å². The topological polar surface area (TPSA) is 38.3 Å². The van der Waals surface area contributed by atoms with E-state index < -0.39 is 0 Å². The monoisotopic (exact) mass is 271 g/mol. The van der Waals surface area contributed by atoms with E-state index in [0.717, 1.165) is 10.6 Å². The van der Waals surface area contributed by atoms with Gasteiger partial charge in [-0.15, -0.1) is 11.8 Å². The van der Waals surface area contributed by atoms with Gasteiger partial charge in [0.2, 0.25) is 0 Å². The Hall–Kier alpha value is -0.710. The van der Waals surface area contributed by atoms with E-state index in [1.165, 1.54) is 0 Å². The van der Waals surface area contributed by atoms with Crippen LogP contribution in [0.25, 0.3) is 0 Å². The number of rotatable bonds is 3. The van der Waals surface area contributed by atoms with Crippen molar-refractivity contribution in [2.45, 2.75) is 18.3 Å². The number of halogens is 1. The highest BCUT2D eigenvalue weighted by Gasteiger charge is 2.32. The molecule has 1 unspecified atom stereocenters. The van der Waals surface area contributed by atoms with Crippen LogP contribution in [0.1, 0.15) is 17.9 Å². The molecule has 1 aromatic rings. The predicted octanol–water partition coefficient (Wildman–Crippen LogP) is 2.61. The van der Waals surface area contributed by atoms with Crippen LogP contribution < -0.4 is 5.32 Å². The summed E-state index contributed by atoms with van der Waals surface area (Å²) in [4.78, 5) is 11.6. The van der Waals surface area contributed by atoms with Crippen LogP contribution in [0.2, 0.25) is 5.02 Å². The van der Waals surface area contributed by atoms with Crippen LogP contribution in [-0.2, 0) is 9.53 Å². The summed E-state index contributed by atoms with van der Waals surface area (Å²) in [7, 11) is 0. The fraction of sp³-hybridized carbons (Fsp3) is 0.417. The molecule has 1 heterocycles. The highest BCUT2D eigenvalue weighted by Crippen LogP contribution is 2.36. The summed E-state index contributed by atoms with van der Waals surface area (Å²) in [5, 5.41) is 4.03. The second kappa shape index (κ2) is 5.76. The van der Waals surface area contributed by atoms with Crippen molar-refractivity contribution >= 4 is 29.3 Å². The maximum absolute atomic E-state index is 11.6. The Morgan fingerprint density at radius 1 is 1.59 bits per heavy atom. The van der Waals surface area contributed by atoms with Gasteiger partial charge in [0, 0.05) is 10.8 Å². The molecule has 0 aromatic heterocycles. The van der Waals surface area contributed by atoms with Crippen LogP contribution in [0.15, 0.2) is 24.3 Å². The number of hydrogen-bond donors (Lipinski definition) is 1. The first kappa shape index (κ1) is 12.7. The molecule has 0 bridgehead atoms. The summed E-state index contributed by atoms with van der Waals surface area (Å²) >= 11 is 7.80. The Balaban J connectivity index is 2.03. The summed E-state index contributed by atoms with van der Waals surface area (Å²) in [5.41, 5.74) is 1.02. The molecule has 17 heavy (non-hydrogen) atoms. The molecule has 1 saturated heterocycles. The van der Waals surface area contributed by atoms with Gasteiger partial charge in [-0.2, -0.15) is 0 Å². The molecule has 5 heteroatoms. The molecule has 0 saturated carbocycles. The smallest absolute Gasteiger partial charge is 0.324 e. The third kappa shape index (κ3) is 2.94. The van der Waals surface area contributed by atoms with E-state index in [0.29, 0.717) is 12.4 Å². The van der Waals surface area contributed by atoms with E-state index in [1.54, 1.807) is 11.8 Å². The Morgan fingerprint density at radius 3 is 3.06 bits per heavy atom. The molecule has 0 radical (unpaired) electrons. The molecule has 0 aliphatic carbocycles. The molecule has 1 aromatic carbocycles. The predicted molar refractivity (Wildman–Crippen MR) is 70.2 cm³/mol. The molecule has 2 rings (SSSR count). The minimum atomic E-state index is -0.235. The molecular formula is C12H14ClNO2S. The molecule has 0 amide bonds. The van der Waals surface area contributed by atoms with Crippen molar-refractivity contribution in [1.82, 2.24) is 5.32 Å². The molecular weight excluding hydrogens is 258 g/mol. The minimum absolute atomic E-state index is 0.0677. The SMILES string of the molecule is CCOC(=O)[C@@H]1CSC(c2ccccc2Cl)N1. The van der Waals surface area contributed by atoms with Gasteiger partial charge in [-0.3, -0.25) is 10.1 Å². The van der Waals surface area contributed by atoms with Crippen LogP contribution in [0.3, 0.4) is 0 Å². The standard InChI is InChI=1S/C12H14ClNO2S/c1-2-16-12(15)10-7-17-11(14-10)8-5-3-4-6-9(8)13/h3-6,10-11,14H,2,7H2,1H3/t10-,11?/m0/s1. The number of carbonyl (C=O) groups is 1. The first-order valence-electron chi connectivity index (χ1n) is 5.51.